The van der Waals surface area contributed by atoms with E-state index < -0.39 is 0 Å². The lowest BCUT2D eigenvalue weighted by atomic mass is 9.86. The van der Waals surface area contributed by atoms with Gasteiger partial charge in [-0.25, -0.2) is 0 Å². The van der Waals surface area contributed by atoms with Crippen LogP contribution < -0.4 is 0 Å². The number of fused-ring (bicyclic) bond motifs is 10. The first-order valence-corrected chi connectivity index (χ1v) is 15.3. The molecule has 0 aliphatic carbocycles. The summed E-state index contributed by atoms with van der Waals surface area (Å²) >= 11 is 1.87. The first-order valence-electron chi connectivity index (χ1n) is 14.5. The van der Waals surface area contributed by atoms with E-state index in [0.717, 1.165) is 38.5 Å². The molecule has 0 N–H and O–H groups in total. The Morgan fingerprint density at radius 2 is 0.977 bits per heavy atom. The topological polar surface area (TPSA) is 26.3 Å². The molecule has 3 heterocycles. The van der Waals surface area contributed by atoms with Crippen molar-refractivity contribution in [1.82, 2.24) is 0 Å². The Balaban J connectivity index is 1.26. The van der Waals surface area contributed by atoms with E-state index in [0.29, 0.717) is 0 Å². The van der Waals surface area contributed by atoms with E-state index in [2.05, 4.69) is 115 Å². The van der Waals surface area contributed by atoms with Crippen molar-refractivity contribution in [1.29, 1.82) is 0 Å². The smallest absolute Gasteiger partial charge is 0.146 e. The molecule has 200 valence electrons. The third kappa shape index (κ3) is 3.23. The van der Waals surface area contributed by atoms with Crippen LogP contribution in [0, 0.1) is 0 Å². The molecule has 3 aromatic heterocycles. The largest absolute Gasteiger partial charge is 0.464 e. The molecule has 2 nitrogen and oxygen atoms in total. The number of rotatable bonds is 2. The summed E-state index contributed by atoms with van der Waals surface area (Å²) in [5.41, 5.74) is 7.50. The second-order valence-electron chi connectivity index (χ2n) is 11.2. The number of hydrogen-bond acceptors (Lipinski definition) is 3. The Morgan fingerprint density at radius 1 is 0.395 bits per heavy atom. The minimum absolute atomic E-state index is 0.841. The average Bonchev–Trinajstić information content (AvgIpc) is 3.78. The lowest BCUT2D eigenvalue weighted by Gasteiger charge is -2.17. The van der Waals surface area contributed by atoms with Gasteiger partial charge in [-0.2, -0.15) is 0 Å². The molecule has 0 fully saturated rings. The highest BCUT2D eigenvalue weighted by molar-refractivity contribution is 7.25. The van der Waals surface area contributed by atoms with E-state index in [1.165, 1.54) is 58.4 Å². The van der Waals surface area contributed by atoms with Gasteiger partial charge in [-0.3, -0.25) is 0 Å². The molecule has 0 saturated carbocycles. The van der Waals surface area contributed by atoms with Crippen LogP contribution in [0.25, 0.3) is 96.9 Å². The molecule has 43 heavy (non-hydrogen) atoms. The predicted octanol–water partition coefficient (Wildman–Crippen LogP) is 12.3. The lowest BCUT2D eigenvalue weighted by Crippen LogP contribution is -1.90. The summed E-state index contributed by atoms with van der Waals surface area (Å²) < 4.78 is 14.8. The maximum absolute atomic E-state index is 6.51. The summed E-state index contributed by atoms with van der Waals surface area (Å²) in [6.45, 7) is 0. The van der Waals surface area contributed by atoms with Crippen molar-refractivity contribution in [2.75, 3.05) is 0 Å². The second-order valence-corrected chi connectivity index (χ2v) is 12.3. The molecular formula is C40H22O2S. The molecule has 0 spiro atoms. The zero-order valence-electron chi connectivity index (χ0n) is 22.9. The van der Waals surface area contributed by atoms with Crippen molar-refractivity contribution in [2.45, 2.75) is 0 Å². The maximum Gasteiger partial charge on any atom is 0.146 e. The standard InChI is InChI=1S/C40H22O2S/c1-3-10-30-28(8-1)38(23-13-15-25-32-17-18-34-33(19-20-41-34)40(32)42-35(25)21-23)29-9-2-4-11-31(29)39(30)24-14-16-27-26-7-5-6-12-36(26)43-37(27)22-24/h1-22H. The van der Waals surface area contributed by atoms with E-state index in [4.69, 9.17) is 8.83 Å². The van der Waals surface area contributed by atoms with Crippen molar-refractivity contribution in [3.8, 4) is 22.3 Å². The van der Waals surface area contributed by atoms with Crippen LogP contribution in [0.3, 0.4) is 0 Å². The molecule has 0 bridgehead atoms. The summed E-state index contributed by atoms with van der Waals surface area (Å²) in [4.78, 5) is 0. The third-order valence-electron chi connectivity index (χ3n) is 8.96. The van der Waals surface area contributed by atoms with Crippen LogP contribution in [-0.2, 0) is 0 Å². The molecule has 10 rings (SSSR count). The Hall–Kier alpha value is -5.38. The molecule has 7 aromatic carbocycles. The Kier molecular flexibility index (Phi) is 4.63. The normalized spacial score (nSPS) is 12.2. The van der Waals surface area contributed by atoms with Gasteiger partial charge < -0.3 is 8.83 Å². The van der Waals surface area contributed by atoms with Gasteiger partial charge in [0.2, 0.25) is 0 Å². The summed E-state index contributed by atoms with van der Waals surface area (Å²) in [5, 5.41) is 10.9. The van der Waals surface area contributed by atoms with E-state index >= 15 is 0 Å². The third-order valence-corrected chi connectivity index (χ3v) is 10.1. The Labute approximate surface area is 250 Å². The molecule has 10 aromatic rings. The van der Waals surface area contributed by atoms with Crippen molar-refractivity contribution in [2.24, 2.45) is 0 Å². The van der Waals surface area contributed by atoms with Crippen molar-refractivity contribution in [3.05, 3.63) is 134 Å². The SMILES string of the molecule is c1ccc2c(c1)sc1cc(-c3c4ccccc4c(-c4ccc5c(c4)oc4c6ccoc6ccc54)c4ccccc34)ccc12. The fourth-order valence-corrected chi connectivity index (χ4v) is 8.21. The lowest BCUT2D eigenvalue weighted by molar-refractivity contribution is 0.615. The van der Waals surface area contributed by atoms with Gasteiger partial charge in [-0.1, -0.05) is 84.9 Å². The van der Waals surface area contributed by atoms with Gasteiger partial charge in [0, 0.05) is 30.9 Å². The van der Waals surface area contributed by atoms with E-state index in [9.17, 15) is 0 Å². The predicted molar refractivity (Wildman–Crippen MR) is 182 cm³/mol. The number of hydrogen-bond donors (Lipinski definition) is 0. The molecule has 0 aliphatic heterocycles. The van der Waals surface area contributed by atoms with Gasteiger partial charge in [0.05, 0.1) is 11.6 Å². The molecule has 0 saturated heterocycles. The maximum atomic E-state index is 6.51. The van der Waals surface area contributed by atoms with Crippen LogP contribution in [0.1, 0.15) is 0 Å². The van der Waals surface area contributed by atoms with Crippen LogP contribution in [0.5, 0.6) is 0 Å². The fraction of sp³-hybridized carbons (Fsp3) is 0. The van der Waals surface area contributed by atoms with Gasteiger partial charge in [0.25, 0.3) is 0 Å². The van der Waals surface area contributed by atoms with Crippen molar-refractivity contribution < 1.29 is 8.83 Å². The molecule has 3 heteroatoms. The molecule has 0 radical (unpaired) electrons. The van der Waals surface area contributed by atoms with E-state index in [1.807, 2.05) is 23.5 Å². The number of benzene rings is 7. The highest BCUT2D eigenvalue weighted by Crippen LogP contribution is 2.46. The van der Waals surface area contributed by atoms with E-state index in [-0.39, 0.29) is 0 Å². The summed E-state index contributed by atoms with van der Waals surface area (Å²) in [7, 11) is 0. The van der Waals surface area contributed by atoms with Crippen LogP contribution in [0.4, 0.5) is 0 Å². The average molecular weight is 567 g/mol. The van der Waals surface area contributed by atoms with Gasteiger partial charge in [-0.05, 0) is 86.3 Å². The monoisotopic (exact) mass is 566 g/mol. The fourth-order valence-electron chi connectivity index (χ4n) is 7.07. The highest BCUT2D eigenvalue weighted by atomic mass is 32.1. The minimum atomic E-state index is 0.841. The quantitative estimate of drug-likeness (QED) is 0.195. The Morgan fingerprint density at radius 3 is 1.70 bits per heavy atom. The van der Waals surface area contributed by atoms with Crippen LogP contribution in [-0.4, -0.2) is 0 Å². The second kappa shape index (κ2) is 8.57. The molecule has 0 atom stereocenters. The summed E-state index contributed by atoms with van der Waals surface area (Å²) in [6, 6.07) is 46.1. The Bertz CT molecular complexity index is 2680. The van der Waals surface area contributed by atoms with Crippen molar-refractivity contribution >= 4 is 86.0 Å². The van der Waals surface area contributed by atoms with Gasteiger partial charge >= 0.3 is 0 Å². The first kappa shape index (κ1) is 23.2. The van der Waals surface area contributed by atoms with Crippen LogP contribution in [0.2, 0.25) is 0 Å². The molecule has 0 unspecified atom stereocenters. The zero-order valence-corrected chi connectivity index (χ0v) is 23.7. The minimum Gasteiger partial charge on any atom is -0.464 e. The molecule has 0 aliphatic rings. The van der Waals surface area contributed by atoms with Crippen molar-refractivity contribution in [3.63, 3.8) is 0 Å². The van der Waals surface area contributed by atoms with Gasteiger partial charge in [-0.15, -0.1) is 11.3 Å². The van der Waals surface area contributed by atoms with Crippen LogP contribution >= 0.6 is 11.3 Å². The first-order chi connectivity index (χ1) is 21.3. The zero-order chi connectivity index (χ0) is 28.1. The number of furan rings is 2. The highest BCUT2D eigenvalue weighted by Gasteiger charge is 2.19. The number of thiophene rings is 1. The molecule has 0 amide bonds. The van der Waals surface area contributed by atoms with Gasteiger partial charge in [0.15, 0.2) is 0 Å². The van der Waals surface area contributed by atoms with Crippen LogP contribution in [0.15, 0.2) is 142 Å². The summed E-state index contributed by atoms with van der Waals surface area (Å²) in [6.07, 6.45) is 1.72. The van der Waals surface area contributed by atoms with Gasteiger partial charge in [0.1, 0.15) is 16.7 Å². The molecular weight excluding hydrogens is 545 g/mol. The van der Waals surface area contributed by atoms with E-state index in [1.54, 1.807) is 6.26 Å². The summed E-state index contributed by atoms with van der Waals surface area (Å²) in [5.74, 6) is 0.